The lowest BCUT2D eigenvalue weighted by molar-refractivity contribution is 0.101. The van der Waals surface area contributed by atoms with Gasteiger partial charge in [0, 0.05) is 49.3 Å². The van der Waals surface area contributed by atoms with Gasteiger partial charge in [0.15, 0.2) is 0 Å². The van der Waals surface area contributed by atoms with Crippen LogP contribution >= 0.6 is 0 Å². The average Bonchev–Trinajstić information content (AvgIpc) is 2.78. The highest BCUT2D eigenvalue weighted by Gasteiger charge is 2.31. The van der Waals surface area contributed by atoms with Crippen LogP contribution in [0, 0.1) is 5.41 Å². The number of hydrazone groups is 1. The Morgan fingerprint density at radius 1 is 1.11 bits per heavy atom. The summed E-state index contributed by atoms with van der Waals surface area (Å²) in [6.07, 6.45) is 3.71. The number of hydrogen-bond donors (Lipinski definition) is 0. The number of hydrogen-bond acceptors (Lipinski definition) is 3. The van der Waals surface area contributed by atoms with E-state index in [-0.39, 0.29) is 5.41 Å². The Bertz CT molecular complexity index is 306. The molecule has 0 aliphatic carbocycles. The molecule has 1 saturated heterocycles. The van der Waals surface area contributed by atoms with E-state index < -0.39 is 0 Å². The van der Waals surface area contributed by atoms with Gasteiger partial charge in [-0.2, -0.15) is 5.10 Å². The highest BCUT2D eigenvalue weighted by molar-refractivity contribution is 5.90. The summed E-state index contributed by atoms with van der Waals surface area (Å²) in [5.74, 6) is 0. The SMILES string of the molecule is CC(C)N1CCC(N2CCC(C(C)(C)C)=N2)CC1. The smallest absolute Gasteiger partial charge is 0.0495 e. The largest absolute Gasteiger partial charge is 0.301 e. The zero-order chi connectivity index (χ0) is 13.3. The van der Waals surface area contributed by atoms with Crippen molar-refractivity contribution in [2.75, 3.05) is 19.6 Å². The molecule has 104 valence electrons. The monoisotopic (exact) mass is 251 g/mol. The van der Waals surface area contributed by atoms with Crippen molar-refractivity contribution in [2.24, 2.45) is 10.5 Å². The summed E-state index contributed by atoms with van der Waals surface area (Å²) in [5.41, 5.74) is 1.63. The van der Waals surface area contributed by atoms with Crippen molar-refractivity contribution in [1.82, 2.24) is 9.91 Å². The molecule has 0 atom stereocenters. The normalized spacial score (nSPS) is 23.9. The minimum Gasteiger partial charge on any atom is -0.301 e. The molecule has 2 rings (SSSR count). The minimum absolute atomic E-state index is 0.243. The molecule has 0 radical (unpaired) electrons. The van der Waals surface area contributed by atoms with Gasteiger partial charge in [0.25, 0.3) is 0 Å². The number of likely N-dealkylation sites (tertiary alicyclic amines) is 1. The van der Waals surface area contributed by atoms with Crippen LogP contribution in [0.15, 0.2) is 5.10 Å². The molecule has 0 saturated carbocycles. The summed E-state index contributed by atoms with van der Waals surface area (Å²) >= 11 is 0. The van der Waals surface area contributed by atoms with Gasteiger partial charge in [-0.15, -0.1) is 0 Å². The summed E-state index contributed by atoms with van der Waals surface area (Å²) in [6.45, 7) is 15.0. The molecule has 0 N–H and O–H groups in total. The van der Waals surface area contributed by atoms with Crippen molar-refractivity contribution >= 4 is 5.71 Å². The van der Waals surface area contributed by atoms with Crippen LogP contribution in [-0.4, -0.2) is 47.3 Å². The second kappa shape index (κ2) is 5.20. The molecule has 2 heterocycles. The van der Waals surface area contributed by atoms with Gasteiger partial charge in [-0.25, -0.2) is 0 Å². The van der Waals surface area contributed by atoms with Gasteiger partial charge in [-0.1, -0.05) is 20.8 Å². The molecule has 3 heteroatoms. The molecule has 0 spiro atoms. The van der Waals surface area contributed by atoms with Gasteiger partial charge < -0.3 is 4.90 Å². The maximum Gasteiger partial charge on any atom is 0.0495 e. The molecule has 0 unspecified atom stereocenters. The van der Waals surface area contributed by atoms with Crippen molar-refractivity contribution in [1.29, 1.82) is 0 Å². The van der Waals surface area contributed by atoms with Crippen LogP contribution in [-0.2, 0) is 0 Å². The third-order valence-corrected chi connectivity index (χ3v) is 4.34. The second-order valence-corrected chi connectivity index (χ2v) is 7.07. The van der Waals surface area contributed by atoms with Gasteiger partial charge in [0.1, 0.15) is 0 Å². The Hall–Kier alpha value is -0.570. The summed E-state index contributed by atoms with van der Waals surface area (Å²) in [4.78, 5) is 2.58. The Kier molecular flexibility index (Phi) is 4.00. The Morgan fingerprint density at radius 3 is 2.17 bits per heavy atom. The van der Waals surface area contributed by atoms with Crippen molar-refractivity contribution in [3.8, 4) is 0 Å². The molecule has 0 aromatic heterocycles. The zero-order valence-electron chi connectivity index (χ0n) is 12.7. The first-order valence-corrected chi connectivity index (χ1v) is 7.46. The van der Waals surface area contributed by atoms with E-state index in [1.165, 1.54) is 31.6 Å². The van der Waals surface area contributed by atoms with Crippen molar-refractivity contribution in [2.45, 2.75) is 66.0 Å². The zero-order valence-corrected chi connectivity index (χ0v) is 12.7. The lowest BCUT2D eigenvalue weighted by atomic mass is 9.89. The molecule has 3 nitrogen and oxygen atoms in total. The van der Waals surface area contributed by atoms with Crippen LogP contribution < -0.4 is 0 Å². The second-order valence-electron chi connectivity index (χ2n) is 7.07. The quantitative estimate of drug-likeness (QED) is 0.751. The third kappa shape index (κ3) is 3.05. The van der Waals surface area contributed by atoms with E-state index in [4.69, 9.17) is 5.10 Å². The van der Waals surface area contributed by atoms with Crippen LogP contribution in [0.1, 0.15) is 53.9 Å². The lowest BCUT2D eigenvalue weighted by Gasteiger charge is -2.37. The van der Waals surface area contributed by atoms with Gasteiger partial charge in [-0.05, 0) is 26.7 Å². The molecule has 0 aromatic rings. The standard InChI is InChI=1S/C15H29N3/c1-12(2)17-9-6-13(7-10-17)18-11-8-14(16-18)15(3,4)5/h12-13H,6-11H2,1-5H3. The molecule has 2 aliphatic heterocycles. The van der Waals surface area contributed by atoms with Crippen LogP contribution in [0.25, 0.3) is 0 Å². The van der Waals surface area contributed by atoms with Gasteiger partial charge in [0.05, 0.1) is 0 Å². The molecular formula is C15H29N3. The van der Waals surface area contributed by atoms with E-state index in [2.05, 4.69) is 44.5 Å². The predicted octanol–water partition coefficient (Wildman–Crippen LogP) is 2.97. The molecular weight excluding hydrogens is 222 g/mol. The van der Waals surface area contributed by atoms with E-state index in [0.29, 0.717) is 12.1 Å². The Labute approximate surface area is 112 Å². The third-order valence-electron chi connectivity index (χ3n) is 4.34. The van der Waals surface area contributed by atoms with E-state index in [9.17, 15) is 0 Å². The lowest BCUT2D eigenvalue weighted by Crippen LogP contribution is -2.44. The van der Waals surface area contributed by atoms with Crippen LogP contribution in [0.4, 0.5) is 0 Å². The summed E-state index contributed by atoms with van der Waals surface area (Å²) in [6, 6.07) is 1.37. The van der Waals surface area contributed by atoms with Crippen molar-refractivity contribution < 1.29 is 0 Å². The topological polar surface area (TPSA) is 18.8 Å². The van der Waals surface area contributed by atoms with Crippen LogP contribution in [0.3, 0.4) is 0 Å². The molecule has 1 fully saturated rings. The molecule has 0 bridgehead atoms. The summed E-state index contributed by atoms with van der Waals surface area (Å²) < 4.78 is 0. The van der Waals surface area contributed by atoms with Crippen LogP contribution in [0.5, 0.6) is 0 Å². The highest BCUT2D eigenvalue weighted by Crippen LogP contribution is 2.27. The fourth-order valence-corrected chi connectivity index (χ4v) is 2.96. The number of rotatable bonds is 2. The summed E-state index contributed by atoms with van der Waals surface area (Å²) in [7, 11) is 0. The van der Waals surface area contributed by atoms with E-state index in [1.807, 2.05) is 0 Å². The molecule has 2 aliphatic rings. The predicted molar refractivity (Wildman–Crippen MR) is 77.9 cm³/mol. The van der Waals surface area contributed by atoms with Gasteiger partial charge in [-0.3, -0.25) is 5.01 Å². The summed E-state index contributed by atoms with van der Waals surface area (Å²) in [5, 5.41) is 7.26. The molecule has 0 amide bonds. The first-order chi connectivity index (χ1) is 8.38. The number of nitrogens with zero attached hydrogens (tertiary/aromatic N) is 3. The molecule has 18 heavy (non-hydrogen) atoms. The highest BCUT2D eigenvalue weighted by atomic mass is 15.5. The minimum atomic E-state index is 0.243. The average molecular weight is 251 g/mol. The maximum atomic E-state index is 4.88. The van der Waals surface area contributed by atoms with Gasteiger partial charge in [0.2, 0.25) is 0 Å². The number of piperidine rings is 1. The van der Waals surface area contributed by atoms with Crippen molar-refractivity contribution in [3.63, 3.8) is 0 Å². The van der Waals surface area contributed by atoms with E-state index >= 15 is 0 Å². The first kappa shape index (κ1) is 13.9. The fourth-order valence-electron chi connectivity index (χ4n) is 2.96. The van der Waals surface area contributed by atoms with Crippen LogP contribution in [0.2, 0.25) is 0 Å². The first-order valence-electron chi connectivity index (χ1n) is 7.46. The molecule has 0 aromatic carbocycles. The Balaban J connectivity index is 1.90. The Morgan fingerprint density at radius 2 is 1.72 bits per heavy atom. The van der Waals surface area contributed by atoms with E-state index in [0.717, 1.165) is 13.0 Å². The van der Waals surface area contributed by atoms with E-state index in [1.54, 1.807) is 0 Å². The van der Waals surface area contributed by atoms with Crippen molar-refractivity contribution in [3.05, 3.63) is 0 Å². The fraction of sp³-hybridized carbons (Fsp3) is 0.933. The maximum absolute atomic E-state index is 4.88. The van der Waals surface area contributed by atoms with Gasteiger partial charge >= 0.3 is 0 Å².